The maximum atomic E-state index is 5.67. The molecule has 0 radical (unpaired) electrons. The van der Waals surface area contributed by atoms with Gasteiger partial charge in [-0.05, 0) is 25.8 Å². The molecule has 4 heterocycles. The number of ether oxygens (including phenoxy) is 2. The number of hydrogen-bond acceptors (Lipinski definition) is 5. The Bertz CT molecular complexity index is 660. The monoisotopic (exact) mass is 501 g/mol. The van der Waals surface area contributed by atoms with E-state index in [4.69, 9.17) is 14.5 Å². The lowest BCUT2D eigenvalue weighted by atomic mass is 9.87. The summed E-state index contributed by atoms with van der Waals surface area (Å²) in [5.74, 6) is 2.06. The molecule has 1 aromatic rings. The molecule has 3 aliphatic heterocycles. The first-order valence-electron chi connectivity index (χ1n) is 10.2. The fraction of sp³-hybridized carbons (Fsp3) is 0.700. The average Bonchev–Trinajstić information content (AvgIpc) is 3.36. The lowest BCUT2D eigenvalue weighted by Gasteiger charge is -2.29. The van der Waals surface area contributed by atoms with Crippen LogP contribution in [0.4, 0.5) is 5.82 Å². The third kappa shape index (κ3) is 4.88. The van der Waals surface area contributed by atoms with E-state index in [1.165, 1.54) is 18.4 Å². The quantitative estimate of drug-likeness (QED) is 0.388. The van der Waals surface area contributed by atoms with Crippen LogP contribution in [0.25, 0.3) is 0 Å². The molecule has 1 atom stereocenters. The minimum Gasteiger partial charge on any atom is -0.381 e. The molecule has 0 saturated carbocycles. The number of rotatable bonds is 4. The first-order chi connectivity index (χ1) is 13.3. The third-order valence-electron chi connectivity index (χ3n) is 5.84. The first-order valence-corrected chi connectivity index (χ1v) is 10.2. The van der Waals surface area contributed by atoms with Crippen molar-refractivity contribution in [2.24, 2.45) is 10.4 Å². The highest BCUT2D eigenvalue weighted by molar-refractivity contribution is 14.0. The van der Waals surface area contributed by atoms with E-state index >= 15 is 0 Å². The zero-order valence-electron chi connectivity index (χ0n) is 16.7. The van der Waals surface area contributed by atoms with E-state index < -0.39 is 0 Å². The van der Waals surface area contributed by atoms with Crippen LogP contribution in [-0.4, -0.2) is 75.0 Å². The van der Waals surface area contributed by atoms with Crippen molar-refractivity contribution in [3.8, 4) is 0 Å². The van der Waals surface area contributed by atoms with Gasteiger partial charge in [-0.15, -0.1) is 24.0 Å². The summed E-state index contributed by atoms with van der Waals surface area (Å²) in [4.78, 5) is 14.3. The van der Waals surface area contributed by atoms with Crippen LogP contribution >= 0.6 is 24.0 Å². The molecule has 4 rings (SSSR count). The molecule has 1 N–H and O–H groups in total. The van der Waals surface area contributed by atoms with Gasteiger partial charge in [0.25, 0.3) is 0 Å². The number of likely N-dealkylation sites (tertiary alicyclic amines) is 1. The van der Waals surface area contributed by atoms with Crippen LogP contribution in [0.15, 0.2) is 23.3 Å². The van der Waals surface area contributed by atoms with Gasteiger partial charge in [0, 0.05) is 56.5 Å². The molecule has 1 spiro atoms. The SMILES string of the molecule is CCNC(=NCc1cccnc1N1CCOCC1)N1CCC2(CCOC2)C1.I. The van der Waals surface area contributed by atoms with Crippen molar-refractivity contribution in [3.05, 3.63) is 23.9 Å². The van der Waals surface area contributed by atoms with Gasteiger partial charge < -0.3 is 24.6 Å². The number of hydrogen-bond donors (Lipinski definition) is 1. The van der Waals surface area contributed by atoms with Crippen LogP contribution in [0, 0.1) is 5.41 Å². The number of anilines is 1. The van der Waals surface area contributed by atoms with Crippen LogP contribution in [0.5, 0.6) is 0 Å². The summed E-state index contributed by atoms with van der Waals surface area (Å²) in [6.45, 7) is 10.9. The van der Waals surface area contributed by atoms with Gasteiger partial charge in [-0.2, -0.15) is 0 Å². The maximum absolute atomic E-state index is 5.67. The van der Waals surface area contributed by atoms with Gasteiger partial charge >= 0.3 is 0 Å². The van der Waals surface area contributed by atoms with Gasteiger partial charge in [0.15, 0.2) is 5.96 Å². The van der Waals surface area contributed by atoms with E-state index in [1.807, 2.05) is 12.3 Å². The molecule has 0 aliphatic carbocycles. The number of pyridine rings is 1. The number of nitrogens with one attached hydrogen (secondary N) is 1. The van der Waals surface area contributed by atoms with Crippen molar-refractivity contribution < 1.29 is 9.47 Å². The molecular formula is C20H32IN5O2. The molecular weight excluding hydrogens is 469 g/mol. The summed E-state index contributed by atoms with van der Waals surface area (Å²) in [5.41, 5.74) is 1.51. The number of aromatic nitrogens is 1. The summed E-state index contributed by atoms with van der Waals surface area (Å²) in [7, 11) is 0. The highest BCUT2D eigenvalue weighted by Gasteiger charge is 2.42. The minimum absolute atomic E-state index is 0. The standard InChI is InChI=1S/C20H31N5O2.HI/c1-2-21-19(25-8-5-20(15-25)6-11-27-16-20)23-14-17-4-3-7-22-18(17)24-9-12-26-13-10-24;/h3-4,7H,2,5-6,8-16H2,1H3,(H,21,23);1H. The van der Waals surface area contributed by atoms with Gasteiger partial charge in [-0.3, -0.25) is 0 Å². The fourth-order valence-electron chi connectivity index (χ4n) is 4.29. The second-order valence-electron chi connectivity index (χ2n) is 7.73. The van der Waals surface area contributed by atoms with E-state index in [0.717, 1.165) is 70.9 Å². The Morgan fingerprint density at radius 2 is 2.07 bits per heavy atom. The lowest BCUT2D eigenvalue weighted by Crippen LogP contribution is -2.41. The topological polar surface area (TPSA) is 62.2 Å². The fourth-order valence-corrected chi connectivity index (χ4v) is 4.29. The summed E-state index contributed by atoms with van der Waals surface area (Å²) in [6, 6.07) is 4.14. The molecule has 3 fully saturated rings. The Kier molecular flexibility index (Phi) is 7.76. The normalized spacial score (nSPS) is 25.2. The van der Waals surface area contributed by atoms with E-state index in [0.29, 0.717) is 12.0 Å². The van der Waals surface area contributed by atoms with Crippen LogP contribution in [-0.2, 0) is 16.0 Å². The van der Waals surface area contributed by atoms with Crippen molar-refractivity contribution in [2.75, 3.05) is 64.1 Å². The Hall–Kier alpha value is -1.13. The number of morpholine rings is 1. The predicted octanol–water partition coefficient (Wildman–Crippen LogP) is 2.11. The third-order valence-corrected chi connectivity index (χ3v) is 5.84. The largest absolute Gasteiger partial charge is 0.381 e. The zero-order chi connectivity index (χ0) is 18.5. The highest BCUT2D eigenvalue weighted by atomic mass is 127. The number of aliphatic imine (C=N–C) groups is 1. The van der Waals surface area contributed by atoms with Crippen molar-refractivity contribution in [1.29, 1.82) is 0 Å². The van der Waals surface area contributed by atoms with Crippen molar-refractivity contribution >= 4 is 35.8 Å². The van der Waals surface area contributed by atoms with Crippen LogP contribution < -0.4 is 10.2 Å². The molecule has 0 amide bonds. The number of guanidine groups is 1. The van der Waals surface area contributed by atoms with Crippen LogP contribution in [0.2, 0.25) is 0 Å². The molecule has 28 heavy (non-hydrogen) atoms. The second-order valence-corrected chi connectivity index (χ2v) is 7.73. The summed E-state index contributed by atoms with van der Waals surface area (Å²) in [5, 5.41) is 3.48. The van der Waals surface area contributed by atoms with E-state index in [9.17, 15) is 0 Å². The molecule has 8 heteroatoms. The molecule has 1 unspecified atom stereocenters. The van der Waals surface area contributed by atoms with Crippen molar-refractivity contribution in [1.82, 2.24) is 15.2 Å². The molecule has 3 aliphatic rings. The molecule has 0 aromatic carbocycles. The van der Waals surface area contributed by atoms with E-state index in [2.05, 4.69) is 33.1 Å². The van der Waals surface area contributed by atoms with E-state index in [1.54, 1.807) is 0 Å². The lowest BCUT2D eigenvalue weighted by molar-refractivity contribution is 0.122. The predicted molar refractivity (Wildman–Crippen MR) is 122 cm³/mol. The van der Waals surface area contributed by atoms with E-state index in [-0.39, 0.29) is 24.0 Å². The molecule has 3 saturated heterocycles. The molecule has 156 valence electrons. The molecule has 1 aromatic heterocycles. The van der Waals surface area contributed by atoms with Gasteiger partial charge in [0.05, 0.1) is 26.4 Å². The van der Waals surface area contributed by atoms with Gasteiger partial charge in [0.2, 0.25) is 0 Å². The Labute approximate surface area is 184 Å². The van der Waals surface area contributed by atoms with Gasteiger partial charge in [-0.1, -0.05) is 6.07 Å². The molecule has 7 nitrogen and oxygen atoms in total. The summed E-state index contributed by atoms with van der Waals surface area (Å²) >= 11 is 0. The second kappa shape index (κ2) is 10.1. The first kappa shape index (κ1) is 21.6. The van der Waals surface area contributed by atoms with Crippen molar-refractivity contribution in [2.45, 2.75) is 26.3 Å². The van der Waals surface area contributed by atoms with Gasteiger partial charge in [0.1, 0.15) is 5.82 Å². The Morgan fingerprint density at radius 1 is 1.21 bits per heavy atom. The zero-order valence-corrected chi connectivity index (χ0v) is 19.1. The van der Waals surface area contributed by atoms with Crippen molar-refractivity contribution in [3.63, 3.8) is 0 Å². The molecule has 0 bridgehead atoms. The minimum atomic E-state index is 0. The summed E-state index contributed by atoms with van der Waals surface area (Å²) < 4.78 is 11.2. The summed E-state index contributed by atoms with van der Waals surface area (Å²) in [6.07, 6.45) is 4.24. The van der Waals surface area contributed by atoms with Crippen LogP contribution in [0.3, 0.4) is 0 Å². The Morgan fingerprint density at radius 3 is 2.82 bits per heavy atom. The smallest absolute Gasteiger partial charge is 0.194 e. The van der Waals surface area contributed by atoms with Crippen LogP contribution in [0.1, 0.15) is 25.3 Å². The Balaban J connectivity index is 0.00000225. The van der Waals surface area contributed by atoms with Gasteiger partial charge in [-0.25, -0.2) is 9.98 Å². The number of halogens is 1. The average molecular weight is 501 g/mol. The number of nitrogens with zero attached hydrogens (tertiary/aromatic N) is 4. The highest BCUT2D eigenvalue weighted by Crippen LogP contribution is 2.38. The maximum Gasteiger partial charge on any atom is 0.194 e.